The van der Waals surface area contributed by atoms with E-state index in [1.54, 1.807) is 14.2 Å². The van der Waals surface area contributed by atoms with Gasteiger partial charge in [-0.1, -0.05) is 6.92 Å². The fourth-order valence-electron chi connectivity index (χ4n) is 2.12. The Bertz CT molecular complexity index is 427. The summed E-state index contributed by atoms with van der Waals surface area (Å²) in [4.78, 5) is 0. The molecule has 1 saturated heterocycles. The summed E-state index contributed by atoms with van der Waals surface area (Å²) in [6.07, 6.45) is 0. The second-order valence-corrected chi connectivity index (χ2v) is 4.75. The molecule has 0 aromatic heterocycles. The van der Waals surface area contributed by atoms with Crippen LogP contribution in [0.5, 0.6) is 11.5 Å². The van der Waals surface area contributed by atoms with Crippen LogP contribution in [-0.4, -0.2) is 34.0 Å². The van der Waals surface area contributed by atoms with Crippen LogP contribution in [-0.2, 0) is 15.3 Å². The lowest BCUT2D eigenvalue weighted by molar-refractivity contribution is -0.284. The number of nitrogens with two attached hydrogens (primary N) is 1. The molecule has 5 nitrogen and oxygen atoms in total. The van der Waals surface area contributed by atoms with Crippen molar-refractivity contribution < 1.29 is 18.9 Å². The molecule has 0 saturated carbocycles. The Hall–Kier alpha value is -1.30. The molecule has 2 N–H and O–H groups in total. The van der Waals surface area contributed by atoms with Crippen LogP contribution in [0.15, 0.2) is 18.2 Å². The zero-order valence-electron chi connectivity index (χ0n) is 11.6. The van der Waals surface area contributed by atoms with Gasteiger partial charge in [0.1, 0.15) is 0 Å². The summed E-state index contributed by atoms with van der Waals surface area (Å²) in [5, 5.41) is 0. The van der Waals surface area contributed by atoms with Crippen molar-refractivity contribution in [3.05, 3.63) is 23.8 Å². The minimum atomic E-state index is -0.883. The molecule has 0 unspecified atom stereocenters. The Kier molecular flexibility index (Phi) is 4.29. The van der Waals surface area contributed by atoms with Crippen molar-refractivity contribution in [1.29, 1.82) is 0 Å². The molecule has 0 bridgehead atoms. The molecule has 0 atom stereocenters. The van der Waals surface area contributed by atoms with Gasteiger partial charge in [0, 0.05) is 11.5 Å². The first-order valence-corrected chi connectivity index (χ1v) is 6.35. The van der Waals surface area contributed by atoms with Crippen molar-refractivity contribution in [2.75, 3.05) is 34.0 Å². The molecule has 5 heteroatoms. The van der Waals surface area contributed by atoms with E-state index in [-0.39, 0.29) is 6.54 Å². The van der Waals surface area contributed by atoms with Crippen molar-refractivity contribution in [1.82, 2.24) is 0 Å². The van der Waals surface area contributed by atoms with Gasteiger partial charge in [-0.25, -0.2) is 0 Å². The first-order valence-electron chi connectivity index (χ1n) is 6.35. The number of hydrogen-bond donors (Lipinski definition) is 1. The first kappa shape index (κ1) is 14.1. The van der Waals surface area contributed by atoms with E-state index in [1.807, 2.05) is 18.2 Å². The number of ether oxygens (including phenoxy) is 4. The number of methoxy groups -OCH3 is 2. The Labute approximate surface area is 113 Å². The number of hydrogen-bond acceptors (Lipinski definition) is 5. The highest BCUT2D eigenvalue weighted by Gasteiger charge is 2.37. The quantitative estimate of drug-likeness (QED) is 0.895. The zero-order valence-corrected chi connectivity index (χ0v) is 11.6. The van der Waals surface area contributed by atoms with E-state index >= 15 is 0 Å². The molecule has 1 aliphatic rings. The molecule has 19 heavy (non-hydrogen) atoms. The highest BCUT2D eigenvalue weighted by Crippen LogP contribution is 2.36. The topological polar surface area (TPSA) is 62.9 Å². The van der Waals surface area contributed by atoms with Crippen molar-refractivity contribution in [2.45, 2.75) is 12.7 Å². The molecular formula is C14H21NO4. The highest BCUT2D eigenvalue weighted by atomic mass is 16.7. The molecule has 0 radical (unpaired) electrons. The largest absolute Gasteiger partial charge is 0.493 e. The molecular weight excluding hydrogens is 246 g/mol. The van der Waals surface area contributed by atoms with Crippen molar-refractivity contribution in [3.63, 3.8) is 0 Å². The predicted octanol–water partition coefficient (Wildman–Crippen LogP) is 1.50. The van der Waals surface area contributed by atoms with Gasteiger partial charge in [0.2, 0.25) is 5.79 Å². The predicted molar refractivity (Wildman–Crippen MR) is 71.3 cm³/mol. The SMILES string of the molecule is COc1ccc(C2(CN)OCC(C)CO2)cc1OC. The van der Waals surface area contributed by atoms with Gasteiger partial charge < -0.3 is 24.7 Å². The highest BCUT2D eigenvalue weighted by molar-refractivity contribution is 5.44. The summed E-state index contributed by atoms with van der Waals surface area (Å²) in [6.45, 7) is 3.60. The Morgan fingerprint density at radius 2 is 1.84 bits per heavy atom. The van der Waals surface area contributed by atoms with E-state index in [0.717, 1.165) is 5.56 Å². The van der Waals surface area contributed by atoms with E-state index < -0.39 is 5.79 Å². The van der Waals surface area contributed by atoms with Crippen molar-refractivity contribution in [3.8, 4) is 11.5 Å². The van der Waals surface area contributed by atoms with Gasteiger partial charge in [-0.05, 0) is 18.2 Å². The smallest absolute Gasteiger partial charge is 0.207 e. The van der Waals surface area contributed by atoms with E-state index in [4.69, 9.17) is 24.7 Å². The van der Waals surface area contributed by atoms with Gasteiger partial charge in [-0.15, -0.1) is 0 Å². The molecule has 0 aliphatic carbocycles. The van der Waals surface area contributed by atoms with Gasteiger partial charge in [0.25, 0.3) is 0 Å². The molecule has 1 aromatic rings. The van der Waals surface area contributed by atoms with E-state index in [1.165, 1.54) is 0 Å². The normalized spacial score (nSPS) is 27.1. The van der Waals surface area contributed by atoms with Gasteiger partial charge in [0.05, 0.1) is 34.0 Å². The van der Waals surface area contributed by atoms with Crippen LogP contribution in [0.1, 0.15) is 12.5 Å². The summed E-state index contributed by atoms with van der Waals surface area (Å²) in [5.74, 6) is 0.799. The van der Waals surface area contributed by atoms with Crippen LogP contribution in [0.25, 0.3) is 0 Å². The average Bonchev–Trinajstić information content (AvgIpc) is 2.47. The minimum absolute atomic E-state index is 0.259. The van der Waals surface area contributed by atoms with Gasteiger partial charge >= 0.3 is 0 Å². The fourth-order valence-corrected chi connectivity index (χ4v) is 2.12. The molecule has 1 aromatic carbocycles. The van der Waals surface area contributed by atoms with Gasteiger partial charge in [-0.2, -0.15) is 0 Å². The fraction of sp³-hybridized carbons (Fsp3) is 0.571. The third-order valence-corrected chi connectivity index (χ3v) is 3.29. The van der Waals surface area contributed by atoms with Crippen LogP contribution in [0.2, 0.25) is 0 Å². The Balaban J connectivity index is 2.33. The maximum atomic E-state index is 5.86. The monoisotopic (exact) mass is 267 g/mol. The summed E-state index contributed by atoms with van der Waals surface area (Å²) < 4.78 is 22.2. The third kappa shape index (κ3) is 2.68. The van der Waals surface area contributed by atoms with Gasteiger partial charge in [-0.3, -0.25) is 0 Å². The molecule has 106 valence electrons. The van der Waals surface area contributed by atoms with E-state index in [2.05, 4.69) is 6.92 Å². The lowest BCUT2D eigenvalue weighted by Crippen LogP contribution is -2.46. The maximum Gasteiger partial charge on any atom is 0.207 e. The molecule has 1 fully saturated rings. The summed E-state index contributed by atoms with van der Waals surface area (Å²) in [6, 6.07) is 5.57. The van der Waals surface area contributed by atoms with Crippen LogP contribution < -0.4 is 15.2 Å². The summed E-state index contributed by atoms with van der Waals surface area (Å²) in [7, 11) is 3.20. The van der Waals surface area contributed by atoms with Crippen molar-refractivity contribution >= 4 is 0 Å². The zero-order chi connectivity index (χ0) is 13.9. The Morgan fingerprint density at radius 3 is 2.37 bits per heavy atom. The summed E-state index contributed by atoms with van der Waals surface area (Å²) in [5.41, 5.74) is 6.70. The third-order valence-electron chi connectivity index (χ3n) is 3.29. The van der Waals surface area contributed by atoms with Crippen molar-refractivity contribution in [2.24, 2.45) is 11.7 Å². The van der Waals surface area contributed by atoms with E-state index in [9.17, 15) is 0 Å². The second-order valence-electron chi connectivity index (χ2n) is 4.75. The lowest BCUT2D eigenvalue weighted by Gasteiger charge is -2.39. The molecule has 0 spiro atoms. The summed E-state index contributed by atoms with van der Waals surface area (Å²) >= 11 is 0. The molecule has 0 amide bonds. The molecule has 1 aliphatic heterocycles. The number of rotatable bonds is 4. The Morgan fingerprint density at radius 1 is 1.21 bits per heavy atom. The van der Waals surface area contributed by atoms with E-state index in [0.29, 0.717) is 30.6 Å². The standard InChI is InChI=1S/C14H21NO4/c1-10-7-18-14(9-15,19-8-10)11-4-5-12(16-2)13(6-11)17-3/h4-6,10H,7-9,15H2,1-3H3. The lowest BCUT2D eigenvalue weighted by atomic mass is 10.0. The first-order chi connectivity index (χ1) is 9.15. The molecule has 2 rings (SSSR count). The maximum absolute atomic E-state index is 5.86. The molecule has 1 heterocycles. The van der Waals surface area contributed by atoms with Crippen LogP contribution in [0.4, 0.5) is 0 Å². The average molecular weight is 267 g/mol. The second kappa shape index (κ2) is 5.77. The van der Waals surface area contributed by atoms with Crippen LogP contribution in [0, 0.1) is 5.92 Å². The minimum Gasteiger partial charge on any atom is -0.493 e. The number of benzene rings is 1. The van der Waals surface area contributed by atoms with Crippen LogP contribution >= 0.6 is 0 Å². The van der Waals surface area contributed by atoms with Crippen LogP contribution in [0.3, 0.4) is 0 Å². The van der Waals surface area contributed by atoms with Gasteiger partial charge in [0.15, 0.2) is 11.5 Å².